The van der Waals surface area contributed by atoms with Crippen LogP contribution in [0.15, 0.2) is 48.5 Å². The van der Waals surface area contributed by atoms with Crippen molar-refractivity contribution in [1.82, 2.24) is 10.2 Å². The number of hydrogen-bond donors (Lipinski definition) is 2. The molecule has 128 valence electrons. The van der Waals surface area contributed by atoms with E-state index in [0.717, 1.165) is 5.52 Å². The quantitative estimate of drug-likeness (QED) is 0.697. The Morgan fingerprint density at radius 3 is 2.64 bits per heavy atom. The number of carbonyl (C=O) groups is 2. The molecule has 0 unspecified atom stereocenters. The number of H-pyrrole nitrogens is 1. The number of nitrogens with zero attached hydrogens (tertiary/aromatic N) is 1. The number of amides is 1. The molecule has 0 saturated heterocycles. The summed E-state index contributed by atoms with van der Waals surface area (Å²) in [6.07, 6.45) is -0.993. The molecule has 0 saturated carbocycles. The van der Waals surface area contributed by atoms with Crippen LogP contribution in [0.25, 0.3) is 10.9 Å². The molecule has 7 nitrogen and oxygen atoms in total. The van der Waals surface area contributed by atoms with Gasteiger partial charge in [-0.3, -0.25) is 9.89 Å². The van der Waals surface area contributed by atoms with E-state index in [0.29, 0.717) is 16.8 Å². The Hall–Kier alpha value is -3.35. The van der Waals surface area contributed by atoms with E-state index in [-0.39, 0.29) is 5.69 Å². The van der Waals surface area contributed by atoms with Crippen molar-refractivity contribution in [2.24, 2.45) is 0 Å². The van der Waals surface area contributed by atoms with Crippen LogP contribution in [0.1, 0.15) is 17.4 Å². The predicted octanol–water partition coefficient (Wildman–Crippen LogP) is 2.76. The lowest BCUT2D eigenvalue weighted by atomic mass is 10.2. The van der Waals surface area contributed by atoms with Gasteiger partial charge in [0.2, 0.25) is 0 Å². The minimum absolute atomic E-state index is 0.146. The minimum atomic E-state index is -0.993. The second-order valence-electron chi connectivity index (χ2n) is 5.35. The van der Waals surface area contributed by atoms with Gasteiger partial charge in [-0.1, -0.05) is 30.3 Å². The van der Waals surface area contributed by atoms with Crippen LogP contribution in [0.3, 0.4) is 0 Å². The number of methoxy groups -OCH3 is 1. The molecule has 3 aromatic rings. The maximum atomic E-state index is 12.3. The molecule has 2 N–H and O–H groups in total. The smallest absolute Gasteiger partial charge is 0.360 e. The maximum absolute atomic E-state index is 12.3. The Labute approximate surface area is 143 Å². The molecule has 1 atom stereocenters. The summed E-state index contributed by atoms with van der Waals surface area (Å²) in [7, 11) is 1.51. The normalized spacial score (nSPS) is 11.8. The van der Waals surface area contributed by atoms with E-state index >= 15 is 0 Å². The van der Waals surface area contributed by atoms with E-state index in [2.05, 4.69) is 15.5 Å². The van der Waals surface area contributed by atoms with Crippen molar-refractivity contribution >= 4 is 28.5 Å². The average Bonchev–Trinajstić information content (AvgIpc) is 3.06. The molecular weight excluding hydrogens is 322 g/mol. The van der Waals surface area contributed by atoms with E-state index in [1.54, 1.807) is 42.5 Å². The number of carbonyl (C=O) groups excluding carboxylic acids is 2. The van der Waals surface area contributed by atoms with Crippen LogP contribution >= 0.6 is 0 Å². The Balaban J connectivity index is 1.70. The number of esters is 1. The number of benzene rings is 2. The number of anilines is 1. The van der Waals surface area contributed by atoms with Gasteiger partial charge in [-0.25, -0.2) is 4.79 Å². The van der Waals surface area contributed by atoms with Crippen molar-refractivity contribution in [2.75, 3.05) is 12.4 Å². The zero-order valence-corrected chi connectivity index (χ0v) is 13.8. The molecule has 0 aliphatic carbocycles. The molecule has 2 aromatic carbocycles. The maximum Gasteiger partial charge on any atom is 0.360 e. The molecule has 0 bridgehead atoms. The standard InChI is InChI=1S/C18H17N3O4/c1-11(17(22)19-14-9-5-6-10-15(14)24-2)25-18(23)16-12-7-3-4-8-13(12)20-21-16/h3-11H,1-2H3,(H,19,22)(H,20,21)/t11-/m0/s1. The van der Waals surface area contributed by atoms with Crippen molar-refractivity contribution in [3.05, 3.63) is 54.2 Å². The highest BCUT2D eigenvalue weighted by atomic mass is 16.5. The van der Waals surface area contributed by atoms with E-state index < -0.39 is 18.0 Å². The molecule has 1 amide bonds. The fourth-order valence-corrected chi connectivity index (χ4v) is 2.37. The van der Waals surface area contributed by atoms with Crippen LogP contribution < -0.4 is 10.1 Å². The summed E-state index contributed by atoms with van der Waals surface area (Å²) in [6, 6.07) is 14.2. The van der Waals surface area contributed by atoms with Gasteiger partial charge in [0.05, 0.1) is 18.3 Å². The topological polar surface area (TPSA) is 93.3 Å². The van der Waals surface area contributed by atoms with Gasteiger partial charge >= 0.3 is 5.97 Å². The first-order valence-corrected chi connectivity index (χ1v) is 7.68. The highest BCUT2D eigenvalue weighted by Gasteiger charge is 2.23. The van der Waals surface area contributed by atoms with E-state index in [9.17, 15) is 9.59 Å². The average molecular weight is 339 g/mol. The van der Waals surface area contributed by atoms with Crippen LogP contribution in [-0.4, -0.2) is 35.3 Å². The first kappa shape index (κ1) is 16.5. The van der Waals surface area contributed by atoms with Gasteiger partial charge in [0.1, 0.15) is 5.75 Å². The Bertz CT molecular complexity index is 919. The summed E-state index contributed by atoms with van der Waals surface area (Å²) < 4.78 is 10.4. The van der Waals surface area contributed by atoms with Crippen LogP contribution in [0.4, 0.5) is 5.69 Å². The molecule has 1 heterocycles. The van der Waals surface area contributed by atoms with Gasteiger partial charge < -0.3 is 14.8 Å². The lowest BCUT2D eigenvalue weighted by molar-refractivity contribution is -0.123. The summed E-state index contributed by atoms with van der Waals surface area (Å²) in [6.45, 7) is 1.50. The van der Waals surface area contributed by atoms with Crippen LogP contribution in [0, 0.1) is 0 Å². The number of aromatic amines is 1. The van der Waals surface area contributed by atoms with Gasteiger partial charge in [0, 0.05) is 5.39 Å². The largest absolute Gasteiger partial charge is 0.495 e. The molecule has 0 aliphatic heterocycles. The first-order chi connectivity index (χ1) is 12.1. The van der Waals surface area contributed by atoms with Crippen LogP contribution in [0.2, 0.25) is 0 Å². The fraction of sp³-hybridized carbons (Fsp3) is 0.167. The van der Waals surface area contributed by atoms with Crippen molar-refractivity contribution < 1.29 is 19.1 Å². The summed E-state index contributed by atoms with van der Waals surface area (Å²) in [4.78, 5) is 24.6. The molecule has 3 rings (SSSR count). The molecular formula is C18H17N3O4. The second kappa shape index (κ2) is 7.04. The first-order valence-electron chi connectivity index (χ1n) is 7.68. The summed E-state index contributed by atoms with van der Waals surface area (Å²) in [5.74, 6) is -0.606. The lowest BCUT2D eigenvalue weighted by Gasteiger charge is -2.14. The van der Waals surface area contributed by atoms with Gasteiger partial charge in [-0.2, -0.15) is 5.10 Å². The summed E-state index contributed by atoms with van der Waals surface area (Å²) in [5, 5.41) is 10.0. The Morgan fingerprint density at radius 2 is 1.84 bits per heavy atom. The zero-order valence-electron chi connectivity index (χ0n) is 13.8. The number of para-hydroxylation sites is 3. The van der Waals surface area contributed by atoms with Gasteiger partial charge in [0.25, 0.3) is 5.91 Å². The number of rotatable bonds is 5. The van der Waals surface area contributed by atoms with E-state index in [4.69, 9.17) is 9.47 Å². The van der Waals surface area contributed by atoms with Crippen molar-refractivity contribution in [2.45, 2.75) is 13.0 Å². The molecule has 0 spiro atoms. The van der Waals surface area contributed by atoms with Crippen LogP contribution in [-0.2, 0) is 9.53 Å². The molecule has 0 radical (unpaired) electrons. The lowest BCUT2D eigenvalue weighted by Crippen LogP contribution is -2.30. The molecule has 1 aromatic heterocycles. The van der Waals surface area contributed by atoms with Crippen molar-refractivity contribution in [3.8, 4) is 5.75 Å². The highest BCUT2D eigenvalue weighted by Crippen LogP contribution is 2.23. The van der Waals surface area contributed by atoms with Crippen molar-refractivity contribution in [3.63, 3.8) is 0 Å². The van der Waals surface area contributed by atoms with Gasteiger partial charge in [-0.15, -0.1) is 0 Å². The number of ether oxygens (including phenoxy) is 2. The predicted molar refractivity (Wildman–Crippen MR) is 92.6 cm³/mol. The Kier molecular flexibility index (Phi) is 4.65. The van der Waals surface area contributed by atoms with E-state index in [1.165, 1.54) is 14.0 Å². The van der Waals surface area contributed by atoms with Gasteiger partial charge in [0.15, 0.2) is 11.8 Å². The molecule has 25 heavy (non-hydrogen) atoms. The zero-order chi connectivity index (χ0) is 17.8. The third-order valence-electron chi connectivity index (χ3n) is 3.68. The number of hydrogen-bond acceptors (Lipinski definition) is 5. The SMILES string of the molecule is COc1ccccc1NC(=O)[C@H](C)OC(=O)c1n[nH]c2ccccc12. The summed E-state index contributed by atoms with van der Waals surface area (Å²) >= 11 is 0. The third-order valence-corrected chi connectivity index (χ3v) is 3.68. The number of aromatic nitrogens is 2. The third kappa shape index (κ3) is 3.45. The van der Waals surface area contributed by atoms with Gasteiger partial charge in [-0.05, 0) is 25.1 Å². The monoisotopic (exact) mass is 339 g/mol. The fourth-order valence-electron chi connectivity index (χ4n) is 2.37. The minimum Gasteiger partial charge on any atom is -0.495 e. The molecule has 7 heteroatoms. The highest BCUT2D eigenvalue weighted by molar-refractivity contribution is 6.03. The van der Waals surface area contributed by atoms with E-state index in [1.807, 2.05) is 6.07 Å². The summed E-state index contributed by atoms with van der Waals surface area (Å²) in [5.41, 5.74) is 1.37. The Morgan fingerprint density at radius 1 is 1.12 bits per heavy atom. The number of fused-ring (bicyclic) bond motifs is 1. The molecule has 0 aliphatic rings. The number of nitrogens with one attached hydrogen (secondary N) is 2. The molecule has 0 fully saturated rings. The van der Waals surface area contributed by atoms with Crippen LogP contribution in [0.5, 0.6) is 5.75 Å². The van der Waals surface area contributed by atoms with Crippen molar-refractivity contribution in [1.29, 1.82) is 0 Å². The second-order valence-corrected chi connectivity index (χ2v) is 5.35.